The maximum absolute atomic E-state index is 12.9. The van der Waals surface area contributed by atoms with Gasteiger partial charge in [0, 0.05) is 20.2 Å². The summed E-state index contributed by atoms with van der Waals surface area (Å²) in [6, 6.07) is 10.6. The molecule has 1 aliphatic rings. The Kier molecular flexibility index (Phi) is 6.66. The zero-order valence-electron chi connectivity index (χ0n) is 16.2. The van der Waals surface area contributed by atoms with E-state index in [0.29, 0.717) is 24.6 Å². The summed E-state index contributed by atoms with van der Waals surface area (Å²) in [6.07, 6.45) is 1.93. The molecular formula is C20H23ClN2O5S. The van der Waals surface area contributed by atoms with E-state index in [0.717, 1.165) is 17.1 Å². The predicted molar refractivity (Wildman–Crippen MR) is 111 cm³/mol. The van der Waals surface area contributed by atoms with Crippen LogP contribution >= 0.6 is 11.6 Å². The van der Waals surface area contributed by atoms with Gasteiger partial charge in [0.2, 0.25) is 0 Å². The number of anilines is 1. The molecule has 1 saturated heterocycles. The first-order valence-electron chi connectivity index (χ1n) is 9.15. The molecule has 2 aromatic carbocycles. The van der Waals surface area contributed by atoms with Crippen molar-refractivity contribution in [3.05, 3.63) is 53.1 Å². The first-order chi connectivity index (χ1) is 13.8. The SMILES string of the molecule is COc1ccc(S(=O)(=O)N(C)c2ccc(C(=O)NC[C@@H]3CCCO3)c(Cl)c2)cc1. The van der Waals surface area contributed by atoms with Gasteiger partial charge in [-0.25, -0.2) is 8.42 Å². The van der Waals surface area contributed by atoms with E-state index < -0.39 is 10.0 Å². The summed E-state index contributed by atoms with van der Waals surface area (Å²) in [5.41, 5.74) is 0.630. The van der Waals surface area contributed by atoms with Crippen molar-refractivity contribution in [3.8, 4) is 5.75 Å². The monoisotopic (exact) mass is 438 g/mol. The first kappa shape index (κ1) is 21.4. The van der Waals surface area contributed by atoms with Crippen LogP contribution in [0.15, 0.2) is 47.4 Å². The highest BCUT2D eigenvalue weighted by molar-refractivity contribution is 7.92. The van der Waals surface area contributed by atoms with E-state index in [4.69, 9.17) is 21.1 Å². The molecule has 0 radical (unpaired) electrons. The lowest BCUT2D eigenvalue weighted by atomic mass is 10.2. The average Bonchev–Trinajstić information content (AvgIpc) is 3.25. The Labute approximate surface area is 175 Å². The first-order valence-corrected chi connectivity index (χ1v) is 11.0. The minimum absolute atomic E-state index is 0.0257. The Morgan fingerprint density at radius 1 is 1.28 bits per heavy atom. The Morgan fingerprint density at radius 3 is 2.59 bits per heavy atom. The summed E-state index contributed by atoms with van der Waals surface area (Å²) in [6.45, 7) is 1.13. The minimum Gasteiger partial charge on any atom is -0.497 e. The maximum atomic E-state index is 12.9. The maximum Gasteiger partial charge on any atom is 0.264 e. The molecule has 0 aliphatic carbocycles. The van der Waals surface area contributed by atoms with Gasteiger partial charge in [-0.3, -0.25) is 9.10 Å². The molecule has 0 aromatic heterocycles. The van der Waals surface area contributed by atoms with E-state index in [9.17, 15) is 13.2 Å². The lowest BCUT2D eigenvalue weighted by Crippen LogP contribution is -2.32. The number of halogens is 1. The smallest absolute Gasteiger partial charge is 0.264 e. The molecule has 156 valence electrons. The van der Waals surface area contributed by atoms with Gasteiger partial charge in [-0.05, 0) is 55.3 Å². The largest absolute Gasteiger partial charge is 0.497 e. The highest BCUT2D eigenvalue weighted by atomic mass is 35.5. The van der Waals surface area contributed by atoms with Gasteiger partial charge in [0.1, 0.15) is 5.75 Å². The van der Waals surface area contributed by atoms with Crippen LogP contribution < -0.4 is 14.4 Å². The third kappa shape index (κ3) is 4.83. The molecule has 29 heavy (non-hydrogen) atoms. The minimum atomic E-state index is -3.79. The molecule has 1 N–H and O–H groups in total. The molecule has 7 nitrogen and oxygen atoms in total. The third-order valence-electron chi connectivity index (χ3n) is 4.79. The lowest BCUT2D eigenvalue weighted by Gasteiger charge is -2.20. The highest BCUT2D eigenvalue weighted by Gasteiger charge is 2.23. The number of rotatable bonds is 7. The average molecular weight is 439 g/mol. The number of ether oxygens (including phenoxy) is 2. The molecule has 0 saturated carbocycles. The number of carbonyl (C=O) groups excluding carboxylic acids is 1. The summed E-state index contributed by atoms with van der Waals surface area (Å²) in [4.78, 5) is 12.5. The van der Waals surface area contributed by atoms with Gasteiger partial charge in [-0.1, -0.05) is 11.6 Å². The van der Waals surface area contributed by atoms with E-state index >= 15 is 0 Å². The molecule has 0 spiro atoms. The van der Waals surface area contributed by atoms with Crippen molar-refractivity contribution < 1.29 is 22.7 Å². The van der Waals surface area contributed by atoms with Gasteiger partial charge in [-0.15, -0.1) is 0 Å². The standard InChI is InChI=1S/C20H23ClN2O5S/c1-23(29(25,26)17-8-6-15(27-2)7-9-17)14-5-10-18(19(21)12-14)20(24)22-13-16-4-3-11-28-16/h5-10,12,16H,3-4,11,13H2,1-2H3,(H,22,24)/t16-/m0/s1. The van der Waals surface area contributed by atoms with Gasteiger partial charge in [0.05, 0.1) is 34.4 Å². The molecule has 1 atom stereocenters. The molecule has 1 aliphatic heterocycles. The number of nitrogens with zero attached hydrogens (tertiary/aromatic N) is 1. The Morgan fingerprint density at radius 2 is 2.00 bits per heavy atom. The fraction of sp³-hybridized carbons (Fsp3) is 0.350. The van der Waals surface area contributed by atoms with Crippen LogP contribution in [0.5, 0.6) is 5.75 Å². The quantitative estimate of drug-likeness (QED) is 0.718. The van der Waals surface area contributed by atoms with E-state index in [1.54, 1.807) is 18.2 Å². The predicted octanol–water partition coefficient (Wildman–Crippen LogP) is 3.08. The third-order valence-corrected chi connectivity index (χ3v) is 6.91. The van der Waals surface area contributed by atoms with Crippen LogP contribution in [0.1, 0.15) is 23.2 Å². The van der Waals surface area contributed by atoms with Gasteiger partial charge in [0.15, 0.2) is 0 Å². The Balaban J connectivity index is 1.74. The lowest BCUT2D eigenvalue weighted by molar-refractivity contribution is 0.0858. The van der Waals surface area contributed by atoms with Crippen LogP contribution in [0.2, 0.25) is 5.02 Å². The van der Waals surface area contributed by atoms with Crippen molar-refractivity contribution in [3.63, 3.8) is 0 Å². The number of amides is 1. The summed E-state index contributed by atoms with van der Waals surface area (Å²) in [7, 11) is -0.843. The van der Waals surface area contributed by atoms with Gasteiger partial charge < -0.3 is 14.8 Å². The van der Waals surface area contributed by atoms with Crippen LogP contribution in [0.3, 0.4) is 0 Å². The van der Waals surface area contributed by atoms with E-state index in [1.807, 2.05) is 0 Å². The second-order valence-electron chi connectivity index (χ2n) is 6.66. The molecule has 1 heterocycles. The second-order valence-corrected chi connectivity index (χ2v) is 9.03. The van der Waals surface area contributed by atoms with E-state index in [-0.39, 0.29) is 27.5 Å². The summed E-state index contributed by atoms with van der Waals surface area (Å²) in [5.74, 6) is 0.241. The van der Waals surface area contributed by atoms with Crippen molar-refractivity contribution in [2.75, 3.05) is 31.6 Å². The highest BCUT2D eigenvalue weighted by Crippen LogP contribution is 2.28. The van der Waals surface area contributed by atoms with Crippen molar-refractivity contribution in [1.82, 2.24) is 5.32 Å². The van der Waals surface area contributed by atoms with E-state index in [1.165, 1.54) is 38.4 Å². The number of benzene rings is 2. The zero-order valence-corrected chi connectivity index (χ0v) is 17.8. The fourth-order valence-corrected chi connectivity index (χ4v) is 4.48. The van der Waals surface area contributed by atoms with Crippen LogP contribution in [-0.2, 0) is 14.8 Å². The van der Waals surface area contributed by atoms with Gasteiger partial charge in [-0.2, -0.15) is 0 Å². The molecule has 9 heteroatoms. The topological polar surface area (TPSA) is 84.9 Å². The summed E-state index contributed by atoms with van der Waals surface area (Å²) >= 11 is 6.27. The van der Waals surface area contributed by atoms with Gasteiger partial charge in [0.25, 0.3) is 15.9 Å². The van der Waals surface area contributed by atoms with Crippen molar-refractivity contribution in [2.24, 2.45) is 0 Å². The summed E-state index contributed by atoms with van der Waals surface area (Å²) < 4.78 is 37.4. The Bertz CT molecular complexity index is 973. The second kappa shape index (κ2) is 9.02. The number of methoxy groups -OCH3 is 1. The normalized spacial score (nSPS) is 16.4. The molecule has 1 amide bonds. The van der Waals surface area contributed by atoms with Crippen molar-refractivity contribution in [2.45, 2.75) is 23.8 Å². The van der Waals surface area contributed by atoms with Crippen molar-refractivity contribution in [1.29, 1.82) is 0 Å². The number of carbonyl (C=O) groups is 1. The molecule has 2 aromatic rings. The molecule has 3 rings (SSSR count). The molecule has 0 unspecified atom stereocenters. The Hall–Kier alpha value is -2.29. The van der Waals surface area contributed by atoms with Crippen LogP contribution in [-0.4, -0.2) is 47.7 Å². The van der Waals surface area contributed by atoms with Crippen LogP contribution in [0.4, 0.5) is 5.69 Å². The van der Waals surface area contributed by atoms with E-state index in [2.05, 4.69) is 5.32 Å². The van der Waals surface area contributed by atoms with Crippen molar-refractivity contribution >= 4 is 33.2 Å². The number of nitrogens with one attached hydrogen (secondary N) is 1. The number of sulfonamides is 1. The number of hydrogen-bond donors (Lipinski definition) is 1. The zero-order chi connectivity index (χ0) is 21.0. The van der Waals surface area contributed by atoms with Gasteiger partial charge >= 0.3 is 0 Å². The molecule has 0 bridgehead atoms. The molecular weight excluding hydrogens is 416 g/mol. The fourth-order valence-electron chi connectivity index (χ4n) is 3.04. The van der Waals surface area contributed by atoms with Crippen LogP contribution in [0.25, 0.3) is 0 Å². The number of hydrogen-bond acceptors (Lipinski definition) is 5. The van der Waals surface area contributed by atoms with Crippen LogP contribution in [0, 0.1) is 0 Å². The summed E-state index contributed by atoms with van der Waals surface area (Å²) in [5, 5.41) is 2.98. The molecule has 1 fully saturated rings.